The summed E-state index contributed by atoms with van der Waals surface area (Å²) < 4.78 is 4.71. The smallest absolute Gasteiger partial charge is 0.265 e. The second-order valence-corrected chi connectivity index (χ2v) is 5.32. The van der Waals surface area contributed by atoms with Crippen molar-refractivity contribution in [2.75, 3.05) is 11.9 Å². The highest BCUT2D eigenvalue weighted by molar-refractivity contribution is 6.00. The molecule has 0 unspecified atom stereocenters. The molecule has 1 N–H and O–H groups in total. The summed E-state index contributed by atoms with van der Waals surface area (Å²) in [5.74, 6) is -0.257. The molecule has 0 atom stereocenters. The Kier molecular flexibility index (Phi) is 4.65. The van der Waals surface area contributed by atoms with Crippen LogP contribution in [-0.4, -0.2) is 28.5 Å². The number of benzene rings is 1. The summed E-state index contributed by atoms with van der Waals surface area (Å²) in [7, 11) is 0. The fourth-order valence-corrected chi connectivity index (χ4v) is 2.41. The minimum absolute atomic E-state index is 0.153. The summed E-state index contributed by atoms with van der Waals surface area (Å²) in [6.45, 7) is 1.93. The number of oxime groups is 1. The number of nitrogens with zero attached hydrogens (tertiary/aromatic N) is 3. The molecule has 0 fully saturated rings. The highest BCUT2D eigenvalue weighted by Crippen LogP contribution is 2.18. The van der Waals surface area contributed by atoms with Crippen LogP contribution in [-0.2, 0) is 22.5 Å². The standard InChI is InChI=1S/C16H18N4O3/c1-2-11-6-8-12(9-7-11)17-15(21)10-22-18-13-4-3-5-14-16(13)20-23-19-14/h6-9H,2-5,10H2,1H3,(H,17,21)/b18-13-. The average Bonchev–Trinajstić information content (AvgIpc) is 3.05. The van der Waals surface area contributed by atoms with Crippen LogP contribution >= 0.6 is 0 Å². The fourth-order valence-electron chi connectivity index (χ4n) is 2.41. The van der Waals surface area contributed by atoms with Gasteiger partial charge in [0, 0.05) is 5.69 Å². The molecule has 23 heavy (non-hydrogen) atoms. The van der Waals surface area contributed by atoms with Crippen molar-refractivity contribution >= 4 is 17.3 Å². The Balaban J connectivity index is 1.52. The third-order valence-electron chi connectivity index (χ3n) is 3.67. The van der Waals surface area contributed by atoms with Gasteiger partial charge in [-0.05, 0) is 48.5 Å². The highest BCUT2D eigenvalue weighted by atomic mass is 16.6. The Morgan fingerprint density at radius 2 is 2.13 bits per heavy atom. The van der Waals surface area contributed by atoms with Gasteiger partial charge in [-0.15, -0.1) is 0 Å². The molecule has 0 aliphatic heterocycles. The Labute approximate surface area is 133 Å². The zero-order valence-corrected chi connectivity index (χ0v) is 12.9. The number of carbonyl (C=O) groups is 1. The summed E-state index contributed by atoms with van der Waals surface area (Å²) in [4.78, 5) is 17.0. The number of aromatic nitrogens is 2. The maximum atomic E-state index is 11.9. The molecular formula is C16H18N4O3. The van der Waals surface area contributed by atoms with Gasteiger partial charge in [0.05, 0.1) is 0 Å². The van der Waals surface area contributed by atoms with E-state index < -0.39 is 0 Å². The van der Waals surface area contributed by atoms with Gasteiger partial charge < -0.3 is 10.2 Å². The molecule has 1 heterocycles. The number of rotatable bonds is 5. The van der Waals surface area contributed by atoms with Crippen molar-refractivity contribution in [2.24, 2.45) is 5.16 Å². The van der Waals surface area contributed by atoms with Crippen LogP contribution < -0.4 is 5.32 Å². The molecule has 2 aromatic rings. The molecule has 0 saturated carbocycles. The first-order chi connectivity index (χ1) is 11.3. The van der Waals surface area contributed by atoms with Gasteiger partial charge in [-0.1, -0.05) is 29.4 Å². The van der Waals surface area contributed by atoms with Crippen LogP contribution in [0.3, 0.4) is 0 Å². The lowest BCUT2D eigenvalue weighted by atomic mass is 9.99. The van der Waals surface area contributed by atoms with E-state index in [1.165, 1.54) is 5.56 Å². The van der Waals surface area contributed by atoms with Gasteiger partial charge in [-0.2, -0.15) is 0 Å². The number of anilines is 1. The summed E-state index contributed by atoms with van der Waals surface area (Å²) in [6.07, 6.45) is 3.44. The van der Waals surface area contributed by atoms with Gasteiger partial charge in [-0.25, -0.2) is 4.63 Å². The number of carbonyl (C=O) groups excluding carboxylic acids is 1. The van der Waals surface area contributed by atoms with Crippen LogP contribution in [0.2, 0.25) is 0 Å². The van der Waals surface area contributed by atoms with E-state index in [-0.39, 0.29) is 12.5 Å². The number of fused-ring (bicyclic) bond motifs is 1. The third kappa shape index (κ3) is 3.74. The number of amides is 1. The monoisotopic (exact) mass is 314 g/mol. The molecule has 1 aromatic heterocycles. The Bertz CT molecular complexity index is 706. The molecule has 0 radical (unpaired) electrons. The van der Waals surface area contributed by atoms with E-state index in [9.17, 15) is 4.79 Å². The van der Waals surface area contributed by atoms with Crippen LogP contribution in [0.4, 0.5) is 5.69 Å². The average molecular weight is 314 g/mol. The van der Waals surface area contributed by atoms with Gasteiger partial charge in [0.2, 0.25) is 0 Å². The van der Waals surface area contributed by atoms with E-state index >= 15 is 0 Å². The molecule has 1 aromatic carbocycles. The van der Waals surface area contributed by atoms with E-state index in [2.05, 4.69) is 27.7 Å². The highest BCUT2D eigenvalue weighted by Gasteiger charge is 2.21. The number of hydrogen-bond acceptors (Lipinski definition) is 6. The molecule has 120 valence electrons. The van der Waals surface area contributed by atoms with Crippen LogP contribution in [0.5, 0.6) is 0 Å². The van der Waals surface area contributed by atoms with E-state index in [0.29, 0.717) is 11.4 Å². The first kappa shape index (κ1) is 15.2. The van der Waals surface area contributed by atoms with E-state index in [1.807, 2.05) is 24.3 Å². The summed E-state index contributed by atoms with van der Waals surface area (Å²) in [5, 5.41) is 14.4. The van der Waals surface area contributed by atoms with Crippen LogP contribution in [0.25, 0.3) is 0 Å². The van der Waals surface area contributed by atoms with Crippen molar-refractivity contribution in [3.63, 3.8) is 0 Å². The maximum Gasteiger partial charge on any atom is 0.265 e. The van der Waals surface area contributed by atoms with Gasteiger partial charge >= 0.3 is 0 Å². The van der Waals surface area contributed by atoms with Crippen molar-refractivity contribution in [3.8, 4) is 0 Å². The predicted molar refractivity (Wildman–Crippen MR) is 84.2 cm³/mol. The molecule has 1 amide bonds. The van der Waals surface area contributed by atoms with E-state index in [1.54, 1.807) is 0 Å². The fraction of sp³-hybridized carbons (Fsp3) is 0.375. The zero-order valence-electron chi connectivity index (χ0n) is 12.9. The van der Waals surface area contributed by atoms with Crippen LogP contribution in [0.1, 0.15) is 36.7 Å². The van der Waals surface area contributed by atoms with Crippen LogP contribution in [0, 0.1) is 0 Å². The quantitative estimate of drug-likeness (QED) is 0.855. The molecule has 0 saturated heterocycles. The molecule has 1 aliphatic rings. The van der Waals surface area contributed by atoms with E-state index in [0.717, 1.165) is 37.1 Å². The van der Waals surface area contributed by atoms with Gasteiger partial charge in [0.25, 0.3) is 5.91 Å². The Hall–Kier alpha value is -2.70. The third-order valence-corrected chi connectivity index (χ3v) is 3.67. The molecule has 1 aliphatic carbocycles. The first-order valence-electron chi connectivity index (χ1n) is 7.65. The Morgan fingerprint density at radius 3 is 2.91 bits per heavy atom. The van der Waals surface area contributed by atoms with Gasteiger partial charge in [0.15, 0.2) is 12.3 Å². The molecule has 3 rings (SSSR count). The first-order valence-corrected chi connectivity index (χ1v) is 7.65. The number of nitrogens with one attached hydrogen (secondary N) is 1. The van der Waals surface area contributed by atoms with Crippen molar-refractivity contribution in [1.82, 2.24) is 10.3 Å². The maximum absolute atomic E-state index is 11.9. The molecule has 7 heteroatoms. The second kappa shape index (κ2) is 7.04. The summed E-state index contributed by atoms with van der Waals surface area (Å²) in [6, 6.07) is 7.71. The molecule has 0 bridgehead atoms. The lowest BCUT2D eigenvalue weighted by molar-refractivity contribution is -0.120. The SMILES string of the molecule is CCc1ccc(NC(=O)CO/N=C2/CCCc3nonc32)cc1. The van der Waals surface area contributed by atoms with Crippen molar-refractivity contribution in [1.29, 1.82) is 0 Å². The zero-order chi connectivity index (χ0) is 16.1. The Morgan fingerprint density at radius 1 is 1.30 bits per heavy atom. The van der Waals surface area contributed by atoms with Crippen LogP contribution in [0.15, 0.2) is 34.1 Å². The minimum atomic E-state index is -0.257. The number of hydrogen-bond donors (Lipinski definition) is 1. The topological polar surface area (TPSA) is 89.6 Å². The molecule has 0 spiro atoms. The summed E-state index contributed by atoms with van der Waals surface area (Å²) >= 11 is 0. The van der Waals surface area contributed by atoms with Gasteiger partial charge in [0.1, 0.15) is 11.4 Å². The van der Waals surface area contributed by atoms with Crippen molar-refractivity contribution in [3.05, 3.63) is 41.2 Å². The van der Waals surface area contributed by atoms with Crippen molar-refractivity contribution in [2.45, 2.75) is 32.6 Å². The molecular weight excluding hydrogens is 296 g/mol. The molecule has 7 nitrogen and oxygen atoms in total. The van der Waals surface area contributed by atoms with E-state index in [4.69, 9.17) is 9.47 Å². The van der Waals surface area contributed by atoms with Gasteiger partial charge in [-0.3, -0.25) is 4.79 Å². The largest absolute Gasteiger partial charge is 0.385 e. The summed E-state index contributed by atoms with van der Waals surface area (Å²) in [5.41, 5.74) is 4.06. The number of aryl methyl sites for hydroxylation is 2. The minimum Gasteiger partial charge on any atom is -0.385 e. The lowest BCUT2D eigenvalue weighted by Crippen LogP contribution is -2.18. The lowest BCUT2D eigenvalue weighted by Gasteiger charge is -2.09. The van der Waals surface area contributed by atoms with Crippen molar-refractivity contribution < 1.29 is 14.3 Å². The normalized spacial score (nSPS) is 15.3. The predicted octanol–water partition coefficient (Wildman–Crippen LogP) is 2.33. The second-order valence-electron chi connectivity index (χ2n) is 5.32.